The van der Waals surface area contributed by atoms with Crippen molar-refractivity contribution in [3.63, 3.8) is 0 Å². The zero-order valence-corrected chi connectivity index (χ0v) is 13.9. The Bertz CT molecular complexity index is 808. The zero-order chi connectivity index (χ0) is 18.1. The Kier molecular flexibility index (Phi) is 4.51. The van der Waals surface area contributed by atoms with Crippen molar-refractivity contribution in [2.45, 2.75) is 31.4 Å². The van der Waals surface area contributed by atoms with Crippen LogP contribution in [-0.4, -0.2) is 68.8 Å². The summed E-state index contributed by atoms with van der Waals surface area (Å²) in [5.74, 6) is -0.301. The van der Waals surface area contributed by atoms with Crippen LogP contribution < -0.4 is 16.0 Å². The first-order valence-electron chi connectivity index (χ1n) is 7.65. The molecule has 3 heterocycles. The minimum Gasteiger partial charge on any atom is -0.386 e. The molecule has 11 nitrogen and oxygen atoms in total. The molecule has 1 fully saturated rings. The third-order valence-electron chi connectivity index (χ3n) is 4.02. The number of carbonyl (C=O) groups excluding carboxylic acids is 2. The van der Waals surface area contributed by atoms with Gasteiger partial charge in [-0.1, -0.05) is 0 Å². The number of likely N-dealkylation sites (N-methyl/N-ethyl adjacent to an activating group) is 1. The Morgan fingerprint density at radius 3 is 2.68 bits per heavy atom. The molecule has 1 aliphatic heterocycles. The van der Waals surface area contributed by atoms with Crippen LogP contribution in [0.2, 0.25) is 0 Å². The number of carbonyl (C=O) groups is 2. The Labute approximate surface area is 142 Å². The summed E-state index contributed by atoms with van der Waals surface area (Å²) in [5.41, 5.74) is 0.933. The predicted molar refractivity (Wildman–Crippen MR) is 86.5 cm³/mol. The second kappa shape index (κ2) is 6.61. The molecule has 2 amide bonds. The molecule has 3 rings (SSSR count). The molecule has 1 aliphatic rings. The van der Waals surface area contributed by atoms with Gasteiger partial charge in [0.15, 0.2) is 23.8 Å². The van der Waals surface area contributed by atoms with Crippen LogP contribution in [0.3, 0.4) is 0 Å². The smallest absolute Gasteiger partial charge is 0.251 e. The lowest BCUT2D eigenvalue weighted by atomic mass is 10.1. The normalized spacial score (nSPS) is 25.8. The maximum Gasteiger partial charge on any atom is 0.251 e. The number of aliphatic hydroxyl groups is 1. The van der Waals surface area contributed by atoms with Crippen LogP contribution >= 0.6 is 0 Å². The molecule has 25 heavy (non-hydrogen) atoms. The molecule has 0 unspecified atom stereocenters. The van der Waals surface area contributed by atoms with Crippen LogP contribution in [0.15, 0.2) is 12.7 Å². The van der Waals surface area contributed by atoms with Gasteiger partial charge in [-0.2, -0.15) is 0 Å². The van der Waals surface area contributed by atoms with Crippen LogP contribution in [0.5, 0.6) is 0 Å². The first-order valence-corrected chi connectivity index (χ1v) is 7.65. The standard InChI is InChI=1S/C14H19N7O4/c1-6(22)20-7-9(23)14(25-10(7)13(24)16-3)21-5-19-8-11(15-2)17-4-18-12(8)21/h4-5,7,9-10,14,23H,1-3H3,(H,16,24)(H,20,22)(H,15,17,18)/t7-,9+,10-,14+/m0/s1. The van der Waals surface area contributed by atoms with E-state index >= 15 is 0 Å². The number of anilines is 1. The molecule has 4 atom stereocenters. The van der Waals surface area contributed by atoms with Crippen molar-refractivity contribution >= 4 is 28.8 Å². The van der Waals surface area contributed by atoms with Gasteiger partial charge in [-0.15, -0.1) is 0 Å². The molecule has 0 aliphatic carbocycles. The Morgan fingerprint density at radius 2 is 2.04 bits per heavy atom. The molecule has 0 aromatic carbocycles. The van der Waals surface area contributed by atoms with Crippen molar-refractivity contribution in [2.75, 3.05) is 19.4 Å². The monoisotopic (exact) mass is 349 g/mol. The minimum atomic E-state index is -1.17. The van der Waals surface area contributed by atoms with E-state index in [4.69, 9.17) is 4.74 Å². The fourth-order valence-electron chi connectivity index (χ4n) is 2.89. The summed E-state index contributed by atoms with van der Waals surface area (Å²) >= 11 is 0. The first-order chi connectivity index (χ1) is 12.0. The van der Waals surface area contributed by atoms with E-state index in [9.17, 15) is 14.7 Å². The quantitative estimate of drug-likeness (QED) is 0.515. The molecule has 0 spiro atoms. The molecule has 1 saturated heterocycles. The number of fused-ring (bicyclic) bond motifs is 1. The van der Waals surface area contributed by atoms with E-state index in [0.29, 0.717) is 17.0 Å². The van der Waals surface area contributed by atoms with E-state index in [1.165, 1.54) is 31.2 Å². The number of ether oxygens (including phenoxy) is 1. The number of imidazole rings is 1. The largest absolute Gasteiger partial charge is 0.386 e. The summed E-state index contributed by atoms with van der Waals surface area (Å²) in [4.78, 5) is 36.0. The highest BCUT2D eigenvalue weighted by Gasteiger charge is 2.48. The van der Waals surface area contributed by atoms with Gasteiger partial charge >= 0.3 is 0 Å². The van der Waals surface area contributed by atoms with Gasteiger partial charge < -0.3 is 25.8 Å². The van der Waals surface area contributed by atoms with E-state index in [0.717, 1.165) is 0 Å². The minimum absolute atomic E-state index is 0.377. The average Bonchev–Trinajstić information content (AvgIpc) is 3.16. The number of hydrogen-bond acceptors (Lipinski definition) is 8. The van der Waals surface area contributed by atoms with E-state index in [1.54, 1.807) is 7.05 Å². The zero-order valence-electron chi connectivity index (χ0n) is 13.9. The van der Waals surface area contributed by atoms with Crippen LogP contribution in [-0.2, 0) is 14.3 Å². The second-order valence-corrected chi connectivity index (χ2v) is 5.57. The van der Waals surface area contributed by atoms with Gasteiger partial charge in [-0.3, -0.25) is 14.2 Å². The summed E-state index contributed by atoms with van der Waals surface area (Å²) in [5, 5.41) is 18.6. The van der Waals surface area contributed by atoms with Crippen molar-refractivity contribution in [1.82, 2.24) is 30.2 Å². The average molecular weight is 349 g/mol. The van der Waals surface area contributed by atoms with Crippen molar-refractivity contribution in [1.29, 1.82) is 0 Å². The maximum atomic E-state index is 12.1. The predicted octanol–water partition coefficient (Wildman–Crippen LogP) is -1.62. The highest BCUT2D eigenvalue weighted by atomic mass is 16.5. The molecule has 2 aromatic heterocycles. The van der Waals surface area contributed by atoms with Crippen molar-refractivity contribution in [2.24, 2.45) is 0 Å². The van der Waals surface area contributed by atoms with Gasteiger partial charge in [0.05, 0.1) is 12.4 Å². The lowest BCUT2D eigenvalue weighted by Crippen LogP contribution is -2.51. The van der Waals surface area contributed by atoms with Gasteiger partial charge in [0.2, 0.25) is 5.91 Å². The second-order valence-electron chi connectivity index (χ2n) is 5.57. The number of amides is 2. The van der Waals surface area contributed by atoms with E-state index in [-0.39, 0.29) is 5.91 Å². The van der Waals surface area contributed by atoms with Gasteiger partial charge in [0, 0.05) is 21.0 Å². The number of aromatic nitrogens is 4. The van der Waals surface area contributed by atoms with Crippen LogP contribution in [0.1, 0.15) is 13.2 Å². The molecule has 2 aromatic rings. The topological polar surface area (TPSA) is 143 Å². The molecular weight excluding hydrogens is 330 g/mol. The lowest BCUT2D eigenvalue weighted by molar-refractivity contribution is -0.135. The fraction of sp³-hybridized carbons (Fsp3) is 0.500. The van der Waals surface area contributed by atoms with Gasteiger partial charge in [-0.25, -0.2) is 15.0 Å². The Balaban J connectivity index is 2.00. The number of hydrogen-bond donors (Lipinski definition) is 4. The molecule has 0 radical (unpaired) electrons. The third kappa shape index (κ3) is 2.87. The lowest BCUT2D eigenvalue weighted by Gasteiger charge is -2.20. The highest BCUT2D eigenvalue weighted by molar-refractivity contribution is 5.84. The maximum absolute atomic E-state index is 12.1. The van der Waals surface area contributed by atoms with Gasteiger partial charge in [-0.05, 0) is 0 Å². The molecular formula is C14H19N7O4. The van der Waals surface area contributed by atoms with Crippen LogP contribution in [0, 0.1) is 0 Å². The van der Waals surface area contributed by atoms with Crippen molar-refractivity contribution < 1.29 is 19.4 Å². The number of nitrogens with zero attached hydrogens (tertiary/aromatic N) is 4. The highest BCUT2D eigenvalue weighted by Crippen LogP contribution is 2.32. The summed E-state index contributed by atoms with van der Waals surface area (Å²) in [7, 11) is 3.16. The van der Waals surface area contributed by atoms with Crippen molar-refractivity contribution in [3.05, 3.63) is 12.7 Å². The SMILES string of the molecule is CNC(=O)[C@H]1O[C@@H](n2cnc3c(NC)ncnc32)[C@H](O)[C@@H]1NC(C)=O. The third-order valence-corrected chi connectivity index (χ3v) is 4.02. The summed E-state index contributed by atoms with van der Waals surface area (Å²) < 4.78 is 7.25. The number of nitrogens with one attached hydrogen (secondary N) is 3. The Morgan fingerprint density at radius 1 is 1.28 bits per heavy atom. The summed E-state index contributed by atoms with van der Waals surface area (Å²) in [6.07, 6.45) is -0.349. The van der Waals surface area contributed by atoms with Crippen molar-refractivity contribution in [3.8, 4) is 0 Å². The van der Waals surface area contributed by atoms with Crippen LogP contribution in [0.4, 0.5) is 5.82 Å². The first kappa shape index (κ1) is 17.0. The molecule has 0 saturated carbocycles. The number of aliphatic hydroxyl groups excluding tert-OH is 1. The molecule has 0 bridgehead atoms. The van der Waals surface area contributed by atoms with E-state index in [2.05, 4.69) is 30.9 Å². The van der Waals surface area contributed by atoms with Crippen LogP contribution in [0.25, 0.3) is 11.2 Å². The van der Waals surface area contributed by atoms with E-state index < -0.39 is 30.4 Å². The molecule has 4 N–H and O–H groups in total. The number of rotatable bonds is 4. The fourth-order valence-corrected chi connectivity index (χ4v) is 2.89. The Hall–Kier alpha value is -2.79. The summed E-state index contributed by atoms with van der Waals surface area (Å²) in [6.45, 7) is 1.31. The molecule has 134 valence electrons. The van der Waals surface area contributed by atoms with E-state index in [1.807, 2.05) is 0 Å². The van der Waals surface area contributed by atoms with Gasteiger partial charge in [0.1, 0.15) is 17.9 Å². The van der Waals surface area contributed by atoms with Gasteiger partial charge in [0.25, 0.3) is 5.91 Å². The summed E-state index contributed by atoms with van der Waals surface area (Å²) in [6, 6.07) is -0.898. The molecule has 11 heteroatoms.